The Kier molecular flexibility index (Phi) is 10.2. The molecule has 1 aliphatic heterocycles. The van der Waals surface area contributed by atoms with E-state index in [1.165, 1.54) is 6.07 Å². The smallest absolute Gasteiger partial charge is 0.251 e. The van der Waals surface area contributed by atoms with Gasteiger partial charge in [-0.05, 0) is 55.6 Å². The Labute approximate surface area is 215 Å². The molecule has 9 heteroatoms. The molecule has 2 aromatic rings. The molecule has 8 nitrogen and oxygen atoms in total. The Balaban J connectivity index is 2.06. The van der Waals surface area contributed by atoms with Crippen molar-refractivity contribution in [3.63, 3.8) is 0 Å². The number of sulfonamides is 1. The van der Waals surface area contributed by atoms with Gasteiger partial charge in [-0.1, -0.05) is 51.0 Å². The Hall–Kier alpha value is -3.04. The van der Waals surface area contributed by atoms with E-state index in [9.17, 15) is 13.2 Å². The lowest BCUT2D eigenvalue weighted by molar-refractivity contribution is 0.0946. The SMILES string of the molecule is CCCCN(CCCC)c1cc(C(=O)NC[C@H]2CC=CNC2)cc(S(N)(=O)=O)c1Oc1ccccc1. The number of nitrogens with one attached hydrogen (secondary N) is 2. The van der Waals surface area contributed by atoms with Gasteiger partial charge in [0.25, 0.3) is 5.91 Å². The van der Waals surface area contributed by atoms with E-state index in [1.54, 1.807) is 18.2 Å². The molecule has 1 amide bonds. The second-order valence-corrected chi connectivity index (χ2v) is 10.6. The maximum absolute atomic E-state index is 13.2. The summed E-state index contributed by atoms with van der Waals surface area (Å²) < 4.78 is 31.7. The lowest BCUT2D eigenvalue weighted by atomic mass is 10.0. The molecule has 0 aromatic heterocycles. The quantitative estimate of drug-likeness (QED) is 0.365. The van der Waals surface area contributed by atoms with Gasteiger partial charge in [-0.3, -0.25) is 4.79 Å². The highest BCUT2D eigenvalue weighted by Crippen LogP contribution is 2.39. The highest BCUT2D eigenvalue weighted by molar-refractivity contribution is 7.89. The molecule has 1 aliphatic rings. The number of anilines is 1. The molecule has 0 bridgehead atoms. The summed E-state index contributed by atoms with van der Waals surface area (Å²) in [6, 6.07) is 12.0. The van der Waals surface area contributed by atoms with Crippen molar-refractivity contribution in [3.8, 4) is 11.5 Å². The third kappa shape index (κ3) is 7.73. The molecule has 0 spiro atoms. The number of ether oxygens (including phenoxy) is 1. The highest BCUT2D eigenvalue weighted by atomic mass is 32.2. The first-order chi connectivity index (χ1) is 17.3. The second-order valence-electron chi connectivity index (χ2n) is 9.10. The lowest BCUT2D eigenvalue weighted by Crippen LogP contribution is -2.35. The van der Waals surface area contributed by atoms with Crippen molar-refractivity contribution < 1.29 is 17.9 Å². The van der Waals surface area contributed by atoms with Crippen LogP contribution in [0.1, 0.15) is 56.3 Å². The number of hydrogen-bond donors (Lipinski definition) is 3. The standard InChI is InChI=1S/C27H38N4O4S/c1-3-5-15-31(16-6-4-2)24-17-22(27(32)30-20-21-11-10-14-29-19-21)18-25(36(28,33)34)26(24)35-23-12-8-7-9-13-23/h7-10,12-14,17-18,21,29H,3-6,11,15-16,19-20H2,1-2H3,(H,30,32)(H2,28,33,34)/t21-/m0/s1. The Morgan fingerprint density at radius 1 is 1.14 bits per heavy atom. The average molecular weight is 515 g/mol. The van der Waals surface area contributed by atoms with E-state index < -0.39 is 10.0 Å². The fourth-order valence-electron chi connectivity index (χ4n) is 4.08. The van der Waals surface area contributed by atoms with Crippen molar-refractivity contribution in [3.05, 3.63) is 60.3 Å². The van der Waals surface area contributed by atoms with Crippen LogP contribution in [0.5, 0.6) is 11.5 Å². The number of primary sulfonamides is 1. The Bertz CT molecular complexity index is 1130. The van der Waals surface area contributed by atoms with Crippen LogP contribution in [0.25, 0.3) is 0 Å². The fraction of sp³-hybridized carbons (Fsp3) is 0.444. The number of benzene rings is 2. The molecule has 0 saturated heterocycles. The third-order valence-corrected chi connectivity index (χ3v) is 7.05. The van der Waals surface area contributed by atoms with Gasteiger partial charge in [0.1, 0.15) is 10.6 Å². The van der Waals surface area contributed by atoms with Crippen molar-refractivity contribution in [1.82, 2.24) is 10.6 Å². The Morgan fingerprint density at radius 2 is 1.83 bits per heavy atom. The van der Waals surface area contributed by atoms with Gasteiger partial charge in [-0.2, -0.15) is 0 Å². The average Bonchev–Trinajstić information content (AvgIpc) is 2.88. The van der Waals surface area contributed by atoms with E-state index >= 15 is 0 Å². The van der Waals surface area contributed by atoms with Gasteiger partial charge in [0, 0.05) is 31.7 Å². The van der Waals surface area contributed by atoms with Crippen LogP contribution in [0.3, 0.4) is 0 Å². The molecule has 2 aromatic carbocycles. The van der Waals surface area contributed by atoms with Gasteiger partial charge in [-0.15, -0.1) is 0 Å². The van der Waals surface area contributed by atoms with E-state index in [-0.39, 0.29) is 28.0 Å². The van der Waals surface area contributed by atoms with E-state index in [4.69, 9.17) is 9.88 Å². The van der Waals surface area contributed by atoms with Crippen LogP contribution in [-0.2, 0) is 10.0 Å². The summed E-state index contributed by atoms with van der Waals surface area (Å²) in [5.74, 6) is 0.564. The molecule has 196 valence electrons. The van der Waals surface area contributed by atoms with Crippen LogP contribution < -0.4 is 25.4 Å². The number of carbonyl (C=O) groups is 1. The number of unbranched alkanes of at least 4 members (excludes halogenated alkanes) is 2. The first-order valence-corrected chi connectivity index (χ1v) is 14.2. The molecule has 0 radical (unpaired) electrons. The maximum Gasteiger partial charge on any atom is 0.251 e. The summed E-state index contributed by atoms with van der Waals surface area (Å²) >= 11 is 0. The molecule has 1 atom stereocenters. The van der Waals surface area contributed by atoms with Crippen molar-refractivity contribution in [2.45, 2.75) is 50.8 Å². The van der Waals surface area contributed by atoms with Crippen LogP contribution >= 0.6 is 0 Å². The van der Waals surface area contributed by atoms with Crippen LogP contribution in [0, 0.1) is 5.92 Å². The first-order valence-electron chi connectivity index (χ1n) is 12.7. The molecule has 4 N–H and O–H groups in total. The molecule has 0 aliphatic carbocycles. The van der Waals surface area contributed by atoms with Gasteiger partial charge < -0.3 is 20.3 Å². The highest BCUT2D eigenvalue weighted by Gasteiger charge is 2.26. The molecular weight excluding hydrogens is 476 g/mol. The molecule has 0 saturated carbocycles. The minimum atomic E-state index is -4.19. The van der Waals surface area contributed by atoms with Crippen LogP contribution in [0.2, 0.25) is 0 Å². The number of amides is 1. The summed E-state index contributed by atoms with van der Waals surface area (Å²) in [6.07, 6.45) is 8.59. The van der Waals surface area contributed by atoms with E-state index in [0.29, 0.717) is 31.1 Å². The predicted molar refractivity (Wildman–Crippen MR) is 144 cm³/mol. The second kappa shape index (κ2) is 13.3. The summed E-state index contributed by atoms with van der Waals surface area (Å²) in [4.78, 5) is 15.1. The number of para-hydroxylation sites is 1. The zero-order valence-corrected chi connectivity index (χ0v) is 22.0. The zero-order chi connectivity index (χ0) is 26.0. The number of nitrogens with two attached hydrogens (primary N) is 1. The van der Waals surface area contributed by atoms with E-state index in [0.717, 1.165) is 38.6 Å². The monoisotopic (exact) mass is 514 g/mol. The summed E-state index contributed by atoms with van der Waals surface area (Å²) in [5.41, 5.74) is 0.798. The maximum atomic E-state index is 13.2. The predicted octanol–water partition coefficient (Wildman–Crippen LogP) is 4.39. The summed E-state index contributed by atoms with van der Waals surface area (Å²) in [5, 5.41) is 11.8. The van der Waals surface area contributed by atoms with Gasteiger partial charge in [-0.25, -0.2) is 13.6 Å². The lowest BCUT2D eigenvalue weighted by Gasteiger charge is -2.28. The minimum Gasteiger partial charge on any atom is -0.454 e. The topological polar surface area (TPSA) is 114 Å². The summed E-state index contributed by atoms with van der Waals surface area (Å²) in [6.45, 7) is 6.88. The van der Waals surface area contributed by atoms with Gasteiger partial charge in [0.2, 0.25) is 10.0 Å². The summed E-state index contributed by atoms with van der Waals surface area (Å²) in [7, 11) is -4.19. The fourth-order valence-corrected chi connectivity index (χ4v) is 4.78. The third-order valence-electron chi connectivity index (χ3n) is 6.13. The molecule has 0 fully saturated rings. The van der Waals surface area contributed by atoms with Crippen LogP contribution in [-0.4, -0.2) is 40.5 Å². The normalized spacial score (nSPS) is 15.2. The van der Waals surface area contributed by atoms with Gasteiger partial charge in [0.15, 0.2) is 5.75 Å². The van der Waals surface area contributed by atoms with Crippen LogP contribution in [0.4, 0.5) is 5.69 Å². The zero-order valence-electron chi connectivity index (χ0n) is 21.2. The number of rotatable bonds is 13. The van der Waals surface area contributed by atoms with Crippen LogP contribution in [0.15, 0.2) is 59.6 Å². The first kappa shape index (κ1) is 27.5. The van der Waals surface area contributed by atoms with E-state index in [2.05, 4.69) is 29.4 Å². The van der Waals surface area contributed by atoms with Crippen molar-refractivity contribution in [1.29, 1.82) is 0 Å². The molecule has 1 heterocycles. The number of hydrogen-bond acceptors (Lipinski definition) is 6. The van der Waals surface area contributed by atoms with Gasteiger partial charge in [0.05, 0.1) is 5.69 Å². The molecule has 36 heavy (non-hydrogen) atoms. The molecular formula is C27H38N4O4S. The largest absolute Gasteiger partial charge is 0.454 e. The van der Waals surface area contributed by atoms with Crippen molar-refractivity contribution in [2.75, 3.05) is 31.1 Å². The molecule has 0 unspecified atom stereocenters. The number of carbonyl (C=O) groups excluding carboxylic acids is 1. The minimum absolute atomic E-state index is 0.147. The number of allylic oxidation sites excluding steroid dienone is 1. The molecule has 3 rings (SSSR count). The van der Waals surface area contributed by atoms with E-state index in [1.807, 2.05) is 30.5 Å². The van der Waals surface area contributed by atoms with Crippen molar-refractivity contribution >= 4 is 21.6 Å². The van der Waals surface area contributed by atoms with Gasteiger partial charge >= 0.3 is 0 Å². The number of nitrogens with zero attached hydrogens (tertiary/aromatic N) is 1. The van der Waals surface area contributed by atoms with Crippen molar-refractivity contribution in [2.24, 2.45) is 11.1 Å². The Morgan fingerprint density at radius 3 is 2.42 bits per heavy atom.